The highest BCUT2D eigenvalue weighted by atomic mass is 16.5. The lowest BCUT2D eigenvalue weighted by molar-refractivity contribution is -0.139. The summed E-state index contributed by atoms with van der Waals surface area (Å²) in [5.41, 5.74) is 1.28. The molecule has 1 atom stereocenters. The Morgan fingerprint density at radius 2 is 2.21 bits per heavy atom. The third-order valence-corrected chi connectivity index (χ3v) is 4.90. The number of ether oxygens (including phenoxy) is 1. The molecule has 1 fully saturated rings. The summed E-state index contributed by atoms with van der Waals surface area (Å²) in [6.45, 7) is 7.62. The molecule has 2 rings (SSSR count). The van der Waals surface area contributed by atoms with Crippen molar-refractivity contribution < 1.29 is 14.3 Å². The number of piperidine rings is 1. The highest BCUT2D eigenvalue weighted by Gasteiger charge is 2.36. The SMILES string of the molecule is CCn1ncc(NC(=O)CC[C@@]2(OC)CCCN(C(C)=O)C2)c1C. The smallest absolute Gasteiger partial charge is 0.224 e. The fourth-order valence-corrected chi connectivity index (χ4v) is 3.28. The molecule has 7 heteroatoms. The largest absolute Gasteiger partial charge is 0.376 e. The van der Waals surface area contributed by atoms with Crippen molar-refractivity contribution >= 4 is 17.5 Å². The van der Waals surface area contributed by atoms with E-state index in [-0.39, 0.29) is 11.8 Å². The fourth-order valence-electron chi connectivity index (χ4n) is 3.28. The molecule has 0 unspecified atom stereocenters. The average molecular weight is 336 g/mol. The first-order valence-corrected chi connectivity index (χ1v) is 8.53. The number of nitrogens with one attached hydrogen (secondary N) is 1. The van der Waals surface area contributed by atoms with Crippen LogP contribution >= 0.6 is 0 Å². The summed E-state index contributed by atoms with van der Waals surface area (Å²) in [6.07, 6.45) is 4.40. The van der Waals surface area contributed by atoms with Crippen LogP contribution in [0.2, 0.25) is 0 Å². The summed E-state index contributed by atoms with van der Waals surface area (Å²) in [4.78, 5) is 25.7. The number of carbonyl (C=O) groups excluding carboxylic acids is 2. The lowest BCUT2D eigenvalue weighted by Crippen LogP contribution is -2.51. The van der Waals surface area contributed by atoms with Crippen LogP contribution in [-0.2, 0) is 20.9 Å². The van der Waals surface area contributed by atoms with Crippen LogP contribution in [0, 0.1) is 6.92 Å². The molecule has 0 saturated carbocycles. The molecule has 1 aromatic rings. The Labute approximate surface area is 143 Å². The Hall–Kier alpha value is -1.89. The maximum absolute atomic E-state index is 12.3. The molecular weight excluding hydrogens is 308 g/mol. The predicted molar refractivity (Wildman–Crippen MR) is 91.7 cm³/mol. The van der Waals surface area contributed by atoms with Gasteiger partial charge in [-0.1, -0.05) is 0 Å². The van der Waals surface area contributed by atoms with Crippen LogP contribution in [0.5, 0.6) is 0 Å². The van der Waals surface area contributed by atoms with E-state index in [9.17, 15) is 9.59 Å². The van der Waals surface area contributed by atoms with Crippen molar-refractivity contribution in [2.75, 3.05) is 25.5 Å². The zero-order chi connectivity index (χ0) is 17.7. The summed E-state index contributed by atoms with van der Waals surface area (Å²) in [5, 5.41) is 7.15. The molecule has 1 aliphatic heterocycles. The molecule has 0 aromatic carbocycles. The second kappa shape index (κ2) is 7.79. The van der Waals surface area contributed by atoms with Gasteiger partial charge in [0.25, 0.3) is 0 Å². The molecule has 1 N–H and O–H groups in total. The topological polar surface area (TPSA) is 76.5 Å². The van der Waals surface area contributed by atoms with Crippen LogP contribution in [-0.4, -0.2) is 52.3 Å². The number of aromatic nitrogens is 2. The van der Waals surface area contributed by atoms with E-state index in [0.29, 0.717) is 19.4 Å². The van der Waals surface area contributed by atoms with E-state index in [1.54, 1.807) is 25.1 Å². The zero-order valence-electron chi connectivity index (χ0n) is 15.1. The van der Waals surface area contributed by atoms with Gasteiger partial charge >= 0.3 is 0 Å². The van der Waals surface area contributed by atoms with Gasteiger partial charge in [0.1, 0.15) is 0 Å². The van der Waals surface area contributed by atoms with E-state index < -0.39 is 5.60 Å². The molecule has 2 heterocycles. The van der Waals surface area contributed by atoms with Crippen LogP contribution in [0.15, 0.2) is 6.20 Å². The van der Waals surface area contributed by atoms with E-state index in [1.165, 1.54) is 0 Å². The van der Waals surface area contributed by atoms with Gasteiger partial charge in [0.15, 0.2) is 0 Å². The summed E-state index contributed by atoms with van der Waals surface area (Å²) in [7, 11) is 1.66. The Kier molecular flexibility index (Phi) is 5.99. The minimum absolute atomic E-state index is 0.0508. The lowest BCUT2D eigenvalue weighted by atomic mass is 9.87. The van der Waals surface area contributed by atoms with Crippen molar-refractivity contribution in [2.24, 2.45) is 0 Å². The van der Waals surface area contributed by atoms with E-state index in [4.69, 9.17) is 4.74 Å². The molecule has 1 aromatic heterocycles. The third kappa shape index (κ3) is 4.14. The van der Waals surface area contributed by atoms with Crippen molar-refractivity contribution in [3.63, 3.8) is 0 Å². The molecule has 1 aliphatic rings. The van der Waals surface area contributed by atoms with Crippen molar-refractivity contribution in [3.8, 4) is 0 Å². The van der Waals surface area contributed by atoms with Crippen LogP contribution in [0.3, 0.4) is 0 Å². The molecule has 0 spiro atoms. The molecule has 0 aliphatic carbocycles. The van der Waals surface area contributed by atoms with Gasteiger partial charge in [0, 0.05) is 40.1 Å². The number of hydrogen-bond acceptors (Lipinski definition) is 4. The molecule has 24 heavy (non-hydrogen) atoms. The number of hydrogen-bond donors (Lipinski definition) is 1. The number of nitrogens with zero attached hydrogens (tertiary/aromatic N) is 3. The first-order chi connectivity index (χ1) is 11.4. The minimum atomic E-state index is -0.427. The van der Waals surface area contributed by atoms with Gasteiger partial charge in [-0.05, 0) is 33.1 Å². The van der Waals surface area contributed by atoms with Crippen molar-refractivity contribution in [2.45, 2.75) is 58.6 Å². The standard InChI is InChI=1S/C17H28N4O3/c1-5-21-13(2)15(11-18-21)19-16(23)7-9-17(24-4)8-6-10-20(12-17)14(3)22/h11H,5-10,12H2,1-4H3,(H,19,23)/t17-/m0/s1. The monoisotopic (exact) mass is 336 g/mol. The normalized spacial score (nSPS) is 20.9. The van der Waals surface area contributed by atoms with Gasteiger partial charge in [-0.2, -0.15) is 5.10 Å². The maximum Gasteiger partial charge on any atom is 0.224 e. The van der Waals surface area contributed by atoms with Gasteiger partial charge in [-0.25, -0.2) is 0 Å². The van der Waals surface area contributed by atoms with Crippen LogP contribution in [0.1, 0.15) is 45.2 Å². The predicted octanol–water partition coefficient (Wildman–Crippen LogP) is 1.96. The Morgan fingerprint density at radius 3 is 2.79 bits per heavy atom. The van der Waals surface area contributed by atoms with Gasteiger partial charge in [-0.15, -0.1) is 0 Å². The minimum Gasteiger partial charge on any atom is -0.376 e. The third-order valence-electron chi connectivity index (χ3n) is 4.90. The zero-order valence-corrected chi connectivity index (χ0v) is 15.1. The first kappa shape index (κ1) is 18.4. The van der Waals surface area contributed by atoms with E-state index in [1.807, 2.05) is 18.5 Å². The van der Waals surface area contributed by atoms with Crippen molar-refractivity contribution in [1.29, 1.82) is 0 Å². The highest BCUT2D eigenvalue weighted by molar-refractivity contribution is 5.91. The number of aryl methyl sites for hydroxylation is 1. The number of likely N-dealkylation sites (tertiary alicyclic amines) is 1. The summed E-state index contributed by atoms with van der Waals surface area (Å²) in [6, 6.07) is 0. The van der Waals surface area contributed by atoms with Crippen LogP contribution in [0.25, 0.3) is 0 Å². The summed E-state index contributed by atoms with van der Waals surface area (Å²) in [5.74, 6) is 0.00769. The highest BCUT2D eigenvalue weighted by Crippen LogP contribution is 2.29. The lowest BCUT2D eigenvalue weighted by Gasteiger charge is -2.41. The quantitative estimate of drug-likeness (QED) is 0.861. The second-order valence-electron chi connectivity index (χ2n) is 6.44. The van der Waals surface area contributed by atoms with Gasteiger partial charge in [-0.3, -0.25) is 14.3 Å². The Morgan fingerprint density at radius 1 is 1.46 bits per heavy atom. The number of anilines is 1. The molecule has 134 valence electrons. The van der Waals surface area contributed by atoms with E-state index in [0.717, 1.165) is 37.3 Å². The number of methoxy groups -OCH3 is 1. The van der Waals surface area contributed by atoms with E-state index in [2.05, 4.69) is 10.4 Å². The van der Waals surface area contributed by atoms with Gasteiger partial charge in [0.2, 0.25) is 11.8 Å². The summed E-state index contributed by atoms with van der Waals surface area (Å²) < 4.78 is 7.56. The first-order valence-electron chi connectivity index (χ1n) is 8.53. The second-order valence-corrected chi connectivity index (χ2v) is 6.44. The molecule has 0 radical (unpaired) electrons. The fraction of sp³-hybridized carbons (Fsp3) is 0.706. The molecule has 1 saturated heterocycles. The molecule has 7 nitrogen and oxygen atoms in total. The van der Waals surface area contributed by atoms with Gasteiger partial charge < -0.3 is 15.0 Å². The van der Waals surface area contributed by atoms with E-state index >= 15 is 0 Å². The van der Waals surface area contributed by atoms with Crippen LogP contribution < -0.4 is 5.32 Å². The molecular formula is C17H28N4O3. The number of amides is 2. The van der Waals surface area contributed by atoms with Crippen LogP contribution in [0.4, 0.5) is 5.69 Å². The Bertz CT molecular complexity index is 599. The molecule has 0 bridgehead atoms. The van der Waals surface area contributed by atoms with Crippen molar-refractivity contribution in [3.05, 3.63) is 11.9 Å². The summed E-state index contributed by atoms with van der Waals surface area (Å²) >= 11 is 0. The number of carbonyl (C=O) groups is 2. The number of rotatable bonds is 6. The van der Waals surface area contributed by atoms with Crippen molar-refractivity contribution in [1.82, 2.24) is 14.7 Å². The average Bonchev–Trinajstić information content (AvgIpc) is 2.93. The maximum atomic E-state index is 12.3. The molecule has 2 amide bonds. The Balaban J connectivity index is 1.93. The van der Waals surface area contributed by atoms with Gasteiger partial charge in [0.05, 0.1) is 23.2 Å².